The highest BCUT2D eigenvalue weighted by Crippen LogP contribution is 2.28. The zero-order valence-electron chi connectivity index (χ0n) is 17.7. The molecule has 33 heavy (non-hydrogen) atoms. The van der Waals surface area contributed by atoms with Crippen LogP contribution in [0.25, 0.3) is 0 Å². The van der Waals surface area contributed by atoms with E-state index in [-0.39, 0.29) is 17.0 Å². The van der Waals surface area contributed by atoms with E-state index in [4.69, 9.17) is 21.6 Å². The lowest BCUT2D eigenvalue weighted by Gasteiger charge is -2.23. The number of amides is 1. The van der Waals surface area contributed by atoms with Gasteiger partial charge in [0.05, 0.1) is 41.6 Å². The first kappa shape index (κ1) is 23.9. The predicted octanol–water partition coefficient (Wildman–Crippen LogP) is 4.85. The van der Waals surface area contributed by atoms with E-state index < -0.39 is 15.9 Å². The number of nitriles is 1. The minimum absolute atomic E-state index is 0.0263. The van der Waals surface area contributed by atoms with Gasteiger partial charge in [0.2, 0.25) is 0 Å². The minimum atomic E-state index is -4.01. The van der Waals surface area contributed by atoms with Gasteiger partial charge in [-0.05, 0) is 60.7 Å². The molecule has 0 aliphatic carbocycles. The van der Waals surface area contributed by atoms with E-state index in [1.165, 1.54) is 47.8 Å². The van der Waals surface area contributed by atoms with E-state index in [0.717, 1.165) is 0 Å². The van der Waals surface area contributed by atoms with Crippen molar-refractivity contribution in [1.82, 2.24) is 0 Å². The maximum Gasteiger partial charge on any atom is 0.264 e. The number of methoxy groups -OCH3 is 1. The minimum Gasteiger partial charge on any atom is -0.495 e. The fourth-order valence-corrected chi connectivity index (χ4v) is 4.67. The van der Waals surface area contributed by atoms with Crippen molar-refractivity contribution in [3.05, 3.63) is 95.5 Å². The maximum absolute atomic E-state index is 13.4. The van der Waals surface area contributed by atoms with Gasteiger partial charge in [0.15, 0.2) is 0 Å². The van der Waals surface area contributed by atoms with Crippen molar-refractivity contribution in [1.29, 1.82) is 5.26 Å². The quantitative estimate of drug-likeness (QED) is 0.463. The molecule has 3 aromatic rings. The summed E-state index contributed by atoms with van der Waals surface area (Å²) in [5.74, 6) is -0.187. The first-order valence-electron chi connectivity index (χ1n) is 9.69. The second-order valence-electron chi connectivity index (χ2n) is 6.81. The molecule has 0 radical (unpaired) electrons. The van der Waals surface area contributed by atoms with Crippen molar-refractivity contribution < 1.29 is 17.9 Å². The van der Waals surface area contributed by atoms with E-state index in [1.807, 2.05) is 6.07 Å². The summed E-state index contributed by atoms with van der Waals surface area (Å²) in [6, 6.07) is 18.6. The summed E-state index contributed by atoms with van der Waals surface area (Å²) in [5.41, 5.74) is 1.16. The molecular weight excluding hydrogens is 462 g/mol. The average molecular weight is 482 g/mol. The lowest BCUT2D eigenvalue weighted by molar-refractivity contribution is 0.102. The number of halogens is 1. The third kappa shape index (κ3) is 5.34. The summed E-state index contributed by atoms with van der Waals surface area (Å²) in [7, 11) is -2.57. The number of rotatable bonds is 8. The second kappa shape index (κ2) is 10.2. The monoisotopic (exact) mass is 481 g/mol. The predicted molar refractivity (Wildman–Crippen MR) is 128 cm³/mol. The van der Waals surface area contributed by atoms with Crippen molar-refractivity contribution in [2.45, 2.75) is 4.90 Å². The number of sulfonamides is 1. The Bertz CT molecular complexity index is 1330. The largest absolute Gasteiger partial charge is 0.495 e. The second-order valence-corrected chi connectivity index (χ2v) is 9.11. The van der Waals surface area contributed by atoms with Crippen LogP contribution in [0, 0.1) is 11.3 Å². The standard InChI is InChI=1S/C24H20ClN3O4S/c1-3-13-28(20-10-8-19(25)9-11-20)33(30,31)21-6-4-5-18(15-21)24(29)27-22-14-17(16-26)7-12-23(22)32-2/h3-12,14-15H,1,13H2,2H3,(H,27,29). The van der Waals surface area contributed by atoms with E-state index in [9.17, 15) is 13.2 Å². The molecule has 0 bridgehead atoms. The smallest absolute Gasteiger partial charge is 0.264 e. The van der Waals surface area contributed by atoms with Gasteiger partial charge in [-0.3, -0.25) is 9.10 Å². The number of nitrogens with zero attached hydrogens (tertiary/aromatic N) is 2. The number of nitrogens with one attached hydrogen (secondary N) is 1. The van der Waals surface area contributed by atoms with Crippen molar-refractivity contribution >= 4 is 38.9 Å². The van der Waals surface area contributed by atoms with Crippen LogP contribution in [-0.2, 0) is 10.0 Å². The van der Waals surface area contributed by atoms with Gasteiger partial charge < -0.3 is 10.1 Å². The molecule has 1 amide bonds. The Labute approximate surface area is 197 Å². The molecule has 168 valence electrons. The van der Waals surface area contributed by atoms with Crippen molar-refractivity contribution in [2.24, 2.45) is 0 Å². The van der Waals surface area contributed by atoms with Gasteiger partial charge in [0.1, 0.15) is 5.75 Å². The Balaban J connectivity index is 1.95. The van der Waals surface area contributed by atoms with Gasteiger partial charge in [-0.1, -0.05) is 23.7 Å². The van der Waals surface area contributed by atoms with E-state index in [0.29, 0.717) is 27.7 Å². The molecule has 0 aromatic heterocycles. The third-order valence-corrected chi connectivity index (χ3v) is 6.71. The molecule has 0 atom stereocenters. The molecule has 0 fully saturated rings. The normalized spacial score (nSPS) is 10.7. The topological polar surface area (TPSA) is 99.5 Å². The average Bonchev–Trinajstić information content (AvgIpc) is 2.83. The van der Waals surface area contributed by atoms with Crippen LogP contribution in [0.2, 0.25) is 5.02 Å². The molecule has 0 unspecified atom stereocenters. The zero-order valence-corrected chi connectivity index (χ0v) is 19.2. The highest BCUT2D eigenvalue weighted by Gasteiger charge is 2.25. The van der Waals surface area contributed by atoms with Gasteiger partial charge in [0.25, 0.3) is 15.9 Å². The third-order valence-electron chi connectivity index (χ3n) is 4.67. The molecular formula is C24H20ClN3O4S. The summed E-state index contributed by atoms with van der Waals surface area (Å²) in [6.07, 6.45) is 1.47. The lowest BCUT2D eigenvalue weighted by atomic mass is 10.1. The molecule has 0 saturated carbocycles. The Morgan fingerprint density at radius 3 is 2.55 bits per heavy atom. The van der Waals surface area contributed by atoms with Gasteiger partial charge in [-0.25, -0.2) is 8.42 Å². The van der Waals surface area contributed by atoms with E-state index in [2.05, 4.69) is 11.9 Å². The Hall–Kier alpha value is -3.80. The van der Waals surface area contributed by atoms with Gasteiger partial charge >= 0.3 is 0 Å². The summed E-state index contributed by atoms with van der Waals surface area (Å²) in [6.45, 7) is 3.67. The summed E-state index contributed by atoms with van der Waals surface area (Å²) < 4.78 is 33.2. The molecule has 0 aliphatic heterocycles. The number of anilines is 2. The highest BCUT2D eigenvalue weighted by atomic mass is 35.5. The summed E-state index contributed by atoms with van der Waals surface area (Å²) in [5, 5.41) is 12.3. The summed E-state index contributed by atoms with van der Waals surface area (Å²) >= 11 is 5.93. The molecule has 3 aromatic carbocycles. The van der Waals surface area contributed by atoms with E-state index >= 15 is 0 Å². The van der Waals surface area contributed by atoms with Gasteiger partial charge in [-0.15, -0.1) is 6.58 Å². The van der Waals surface area contributed by atoms with Crippen LogP contribution in [0.5, 0.6) is 5.75 Å². The number of hydrogen-bond acceptors (Lipinski definition) is 5. The number of ether oxygens (including phenoxy) is 1. The number of benzene rings is 3. The van der Waals surface area contributed by atoms with Crippen LogP contribution in [0.15, 0.2) is 84.3 Å². The van der Waals surface area contributed by atoms with Gasteiger partial charge in [-0.2, -0.15) is 5.26 Å². The van der Waals surface area contributed by atoms with Gasteiger partial charge in [0, 0.05) is 10.6 Å². The molecule has 7 nitrogen and oxygen atoms in total. The van der Waals surface area contributed by atoms with Crippen molar-refractivity contribution in [3.8, 4) is 11.8 Å². The van der Waals surface area contributed by atoms with Crippen LogP contribution in [0.3, 0.4) is 0 Å². The highest BCUT2D eigenvalue weighted by molar-refractivity contribution is 7.92. The van der Waals surface area contributed by atoms with Crippen LogP contribution in [0.4, 0.5) is 11.4 Å². The molecule has 0 heterocycles. The van der Waals surface area contributed by atoms with Crippen LogP contribution < -0.4 is 14.4 Å². The molecule has 1 N–H and O–H groups in total. The number of hydrogen-bond donors (Lipinski definition) is 1. The summed E-state index contributed by atoms with van der Waals surface area (Å²) in [4.78, 5) is 12.8. The first-order valence-corrected chi connectivity index (χ1v) is 11.5. The number of carbonyl (C=O) groups is 1. The van der Waals surface area contributed by atoms with Crippen LogP contribution in [-0.4, -0.2) is 28.0 Å². The Morgan fingerprint density at radius 1 is 1.18 bits per heavy atom. The molecule has 9 heteroatoms. The molecule has 0 spiro atoms. The zero-order chi connectivity index (χ0) is 24.0. The SMILES string of the molecule is C=CCN(c1ccc(Cl)cc1)S(=O)(=O)c1cccc(C(=O)Nc2cc(C#N)ccc2OC)c1. The molecule has 3 rings (SSSR count). The molecule has 0 aliphatic rings. The maximum atomic E-state index is 13.4. The Morgan fingerprint density at radius 2 is 1.91 bits per heavy atom. The van der Waals surface area contributed by atoms with Crippen molar-refractivity contribution in [3.63, 3.8) is 0 Å². The molecule has 0 saturated heterocycles. The van der Waals surface area contributed by atoms with Crippen LogP contribution in [0.1, 0.15) is 15.9 Å². The first-order chi connectivity index (χ1) is 15.8. The fourth-order valence-electron chi connectivity index (χ4n) is 3.06. The van der Waals surface area contributed by atoms with Crippen LogP contribution >= 0.6 is 11.6 Å². The Kier molecular flexibility index (Phi) is 7.38. The number of carbonyl (C=O) groups excluding carboxylic acids is 1. The van der Waals surface area contributed by atoms with E-state index in [1.54, 1.807) is 36.4 Å². The fraction of sp³-hybridized carbons (Fsp3) is 0.0833. The van der Waals surface area contributed by atoms with Crippen molar-refractivity contribution in [2.75, 3.05) is 23.3 Å². The lowest BCUT2D eigenvalue weighted by Crippen LogP contribution is -2.31.